The SMILES string of the molecule is COCC1CN(C(=O)C2COCCN2)CCO1.Cl. The van der Waals surface area contributed by atoms with Crippen LogP contribution in [0.2, 0.25) is 0 Å². The number of nitrogens with one attached hydrogen (secondary N) is 1. The summed E-state index contributed by atoms with van der Waals surface area (Å²) in [7, 11) is 1.64. The standard InChI is InChI=1S/C11H20N2O4.ClH/c1-15-7-9-6-13(3-5-17-9)11(14)10-8-16-4-2-12-10;/h9-10,12H,2-8H2,1H3;1H. The van der Waals surface area contributed by atoms with Crippen molar-refractivity contribution in [1.82, 2.24) is 10.2 Å². The van der Waals surface area contributed by atoms with E-state index in [0.717, 1.165) is 6.54 Å². The van der Waals surface area contributed by atoms with E-state index in [1.807, 2.05) is 4.90 Å². The van der Waals surface area contributed by atoms with Crippen LogP contribution >= 0.6 is 12.4 Å². The molecule has 106 valence electrons. The first-order valence-electron chi connectivity index (χ1n) is 6.01. The van der Waals surface area contributed by atoms with Gasteiger partial charge in [-0.3, -0.25) is 4.79 Å². The predicted octanol–water partition coefficient (Wildman–Crippen LogP) is -0.730. The van der Waals surface area contributed by atoms with E-state index in [1.165, 1.54) is 0 Å². The van der Waals surface area contributed by atoms with Crippen molar-refractivity contribution in [2.45, 2.75) is 12.1 Å². The van der Waals surface area contributed by atoms with Gasteiger partial charge in [-0.25, -0.2) is 0 Å². The van der Waals surface area contributed by atoms with Crippen LogP contribution in [0.15, 0.2) is 0 Å². The molecule has 2 aliphatic rings. The summed E-state index contributed by atoms with van der Waals surface area (Å²) in [6, 6.07) is -0.204. The molecule has 0 aromatic carbocycles. The van der Waals surface area contributed by atoms with Crippen LogP contribution in [0.5, 0.6) is 0 Å². The van der Waals surface area contributed by atoms with E-state index in [0.29, 0.717) is 39.5 Å². The zero-order valence-electron chi connectivity index (χ0n) is 10.6. The number of rotatable bonds is 3. The summed E-state index contributed by atoms with van der Waals surface area (Å²) in [5.41, 5.74) is 0. The average Bonchev–Trinajstić information content (AvgIpc) is 2.40. The Morgan fingerprint density at radius 2 is 2.33 bits per heavy atom. The number of carbonyl (C=O) groups is 1. The van der Waals surface area contributed by atoms with Gasteiger partial charge in [-0.1, -0.05) is 0 Å². The number of halogens is 1. The average molecular weight is 281 g/mol. The lowest BCUT2D eigenvalue weighted by Crippen LogP contribution is -2.56. The first-order valence-corrected chi connectivity index (χ1v) is 6.01. The number of hydrogen-bond acceptors (Lipinski definition) is 5. The molecule has 0 spiro atoms. The minimum atomic E-state index is -0.204. The van der Waals surface area contributed by atoms with Gasteiger partial charge in [0, 0.05) is 26.7 Å². The lowest BCUT2D eigenvalue weighted by atomic mass is 10.2. The maximum atomic E-state index is 12.2. The molecule has 2 saturated heterocycles. The fourth-order valence-corrected chi connectivity index (χ4v) is 2.15. The van der Waals surface area contributed by atoms with Crippen molar-refractivity contribution in [2.75, 3.05) is 53.2 Å². The molecule has 2 atom stereocenters. The van der Waals surface area contributed by atoms with Gasteiger partial charge in [0.1, 0.15) is 6.04 Å². The fraction of sp³-hybridized carbons (Fsp3) is 0.909. The van der Waals surface area contributed by atoms with E-state index in [9.17, 15) is 4.79 Å². The second-order valence-electron chi connectivity index (χ2n) is 4.31. The van der Waals surface area contributed by atoms with E-state index in [1.54, 1.807) is 7.11 Å². The normalized spacial score (nSPS) is 28.6. The van der Waals surface area contributed by atoms with E-state index < -0.39 is 0 Å². The molecule has 2 fully saturated rings. The molecule has 18 heavy (non-hydrogen) atoms. The molecule has 0 saturated carbocycles. The van der Waals surface area contributed by atoms with Crippen molar-refractivity contribution in [1.29, 1.82) is 0 Å². The van der Waals surface area contributed by atoms with Crippen LogP contribution in [0, 0.1) is 0 Å². The van der Waals surface area contributed by atoms with Crippen LogP contribution in [0.1, 0.15) is 0 Å². The molecule has 6 nitrogen and oxygen atoms in total. The molecular weight excluding hydrogens is 260 g/mol. The molecule has 0 aromatic rings. The van der Waals surface area contributed by atoms with Crippen molar-refractivity contribution in [3.8, 4) is 0 Å². The second-order valence-corrected chi connectivity index (χ2v) is 4.31. The third-order valence-electron chi connectivity index (χ3n) is 3.02. The Balaban J connectivity index is 0.00000162. The molecule has 2 rings (SSSR count). The van der Waals surface area contributed by atoms with Crippen LogP contribution in [-0.4, -0.2) is 76.1 Å². The summed E-state index contributed by atoms with van der Waals surface area (Å²) >= 11 is 0. The van der Waals surface area contributed by atoms with Crippen molar-refractivity contribution in [3.05, 3.63) is 0 Å². The first-order chi connectivity index (χ1) is 8.31. The van der Waals surface area contributed by atoms with Crippen LogP contribution < -0.4 is 5.32 Å². The van der Waals surface area contributed by atoms with Crippen molar-refractivity contribution in [2.24, 2.45) is 0 Å². The van der Waals surface area contributed by atoms with E-state index in [2.05, 4.69) is 5.32 Å². The summed E-state index contributed by atoms with van der Waals surface area (Å²) in [6.07, 6.45) is -0.0118. The maximum Gasteiger partial charge on any atom is 0.242 e. The summed E-state index contributed by atoms with van der Waals surface area (Å²) in [5.74, 6) is 0.106. The number of ether oxygens (including phenoxy) is 3. The van der Waals surface area contributed by atoms with Crippen molar-refractivity contribution < 1.29 is 19.0 Å². The second kappa shape index (κ2) is 7.91. The van der Waals surface area contributed by atoms with Gasteiger partial charge in [-0.05, 0) is 0 Å². The number of hydrogen-bond donors (Lipinski definition) is 1. The molecule has 7 heteroatoms. The largest absolute Gasteiger partial charge is 0.382 e. The Hall–Kier alpha value is -0.400. The van der Waals surface area contributed by atoms with Crippen LogP contribution in [0.25, 0.3) is 0 Å². The number of carbonyl (C=O) groups excluding carboxylic acids is 1. The van der Waals surface area contributed by atoms with Gasteiger partial charge in [-0.15, -0.1) is 12.4 Å². The summed E-state index contributed by atoms with van der Waals surface area (Å²) in [4.78, 5) is 14.0. The Morgan fingerprint density at radius 1 is 1.50 bits per heavy atom. The van der Waals surface area contributed by atoms with Gasteiger partial charge < -0.3 is 24.4 Å². The fourth-order valence-electron chi connectivity index (χ4n) is 2.15. The van der Waals surface area contributed by atoms with Gasteiger partial charge in [0.2, 0.25) is 5.91 Å². The monoisotopic (exact) mass is 280 g/mol. The quantitative estimate of drug-likeness (QED) is 0.739. The molecule has 0 aliphatic carbocycles. The lowest BCUT2D eigenvalue weighted by Gasteiger charge is -2.35. The van der Waals surface area contributed by atoms with E-state index in [-0.39, 0.29) is 30.5 Å². The molecule has 2 heterocycles. The van der Waals surface area contributed by atoms with E-state index >= 15 is 0 Å². The maximum absolute atomic E-state index is 12.2. The third-order valence-corrected chi connectivity index (χ3v) is 3.02. The highest BCUT2D eigenvalue weighted by molar-refractivity contribution is 5.85. The summed E-state index contributed by atoms with van der Waals surface area (Å²) < 4.78 is 15.9. The third kappa shape index (κ3) is 4.07. The Kier molecular flexibility index (Phi) is 6.88. The van der Waals surface area contributed by atoms with E-state index in [4.69, 9.17) is 14.2 Å². The molecular formula is C11H21ClN2O4. The topological polar surface area (TPSA) is 60.0 Å². The number of nitrogens with zero attached hydrogens (tertiary/aromatic N) is 1. The molecule has 2 unspecified atom stereocenters. The molecule has 2 aliphatic heterocycles. The van der Waals surface area contributed by atoms with Gasteiger partial charge in [-0.2, -0.15) is 0 Å². The number of methoxy groups -OCH3 is 1. The highest BCUT2D eigenvalue weighted by atomic mass is 35.5. The Morgan fingerprint density at radius 3 is 3.00 bits per heavy atom. The highest BCUT2D eigenvalue weighted by Crippen LogP contribution is 2.08. The first kappa shape index (κ1) is 15.7. The van der Waals surface area contributed by atoms with Crippen LogP contribution in [0.3, 0.4) is 0 Å². The van der Waals surface area contributed by atoms with Crippen molar-refractivity contribution >= 4 is 18.3 Å². The summed E-state index contributed by atoms with van der Waals surface area (Å²) in [5, 5.41) is 3.17. The molecule has 0 radical (unpaired) electrons. The van der Waals surface area contributed by atoms with Gasteiger partial charge >= 0.3 is 0 Å². The van der Waals surface area contributed by atoms with Crippen LogP contribution in [0.4, 0.5) is 0 Å². The number of amides is 1. The smallest absolute Gasteiger partial charge is 0.242 e. The highest BCUT2D eigenvalue weighted by Gasteiger charge is 2.30. The minimum Gasteiger partial charge on any atom is -0.382 e. The molecule has 0 bridgehead atoms. The molecule has 1 N–H and O–H groups in total. The van der Waals surface area contributed by atoms with Gasteiger partial charge in [0.15, 0.2) is 0 Å². The molecule has 1 amide bonds. The number of morpholine rings is 2. The predicted molar refractivity (Wildman–Crippen MR) is 68.1 cm³/mol. The Labute approximate surface area is 113 Å². The summed E-state index contributed by atoms with van der Waals surface area (Å²) in [6.45, 7) is 4.24. The minimum absolute atomic E-state index is 0. The zero-order valence-corrected chi connectivity index (χ0v) is 11.4. The zero-order chi connectivity index (χ0) is 12.1. The van der Waals surface area contributed by atoms with Crippen molar-refractivity contribution in [3.63, 3.8) is 0 Å². The van der Waals surface area contributed by atoms with Gasteiger partial charge in [0.05, 0.1) is 32.5 Å². The molecule has 0 aromatic heterocycles. The lowest BCUT2D eigenvalue weighted by molar-refractivity contribution is -0.145. The van der Waals surface area contributed by atoms with Crippen LogP contribution in [-0.2, 0) is 19.0 Å². The Bertz CT molecular complexity index is 259. The van der Waals surface area contributed by atoms with Gasteiger partial charge in [0.25, 0.3) is 0 Å².